The van der Waals surface area contributed by atoms with E-state index < -0.39 is 5.60 Å². The second-order valence-electron chi connectivity index (χ2n) is 7.66. The zero-order valence-electron chi connectivity index (χ0n) is 14.0. The molecule has 0 bridgehead atoms. The highest BCUT2D eigenvalue weighted by Crippen LogP contribution is 2.47. The van der Waals surface area contributed by atoms with Crippen molar-refractivity contribution in [2.45, 2.75) is 66.4 Å². The molecule has 0 aromatic carbocycles. The third-order valence-electron chi connectivity index (χ3n) is 5.11. The van der Waals surface area contributed by atoms with Crippen LogP contribution in [0.2, 0.25) is 0 Å². The van der Waals surface area contributed by atoms with Crippen molar-refractivity contribution in [3.63, 3.8) is 0 Å². The Morgan fingerprint density at radius 1 is 1.40 bits per heavy atom. The van der Waals surface area contributed by atoms with Gasteiger partial charge in [0.15, 0.2) is 0 Å². The normalized spacial score (nSPS) is 36.0. The van der Waals surface area contributed by atoms with Gasteiger partial charge in [-0.2, -0.15) is 0 Å². The summed E-state index contributed by atoms with van der Waals surface area (Å²) in [6.45, 7) is 13.7. The maximum atomic E-state index is 10.9. The number of nitrogens with zero attached hydrogens (tertiary/aromatic N) is 1. The molecule has 0 amide bonds. The van der Waals surface area contributed by atoms with Gasteiger partial charge in [0, 0.05) is 18.7 Å². The summed E-state index contributed by atoms with van der Waals surface area (Å²) in [6.07, 6.45) is 4.31. The molecule has 0 saturated heterocycles. The molecule has 1 fully saturated rings. The van der Waals surface area contributed by atoms with E-state index in [1.165, 1.54) is 6.21 Å². The van der Waals surface area contributed by atoms with Gasteiger partial charge in [-0.3, -0.25) is 4.99 Å². The van der Waals surface area contributed by atoms with Crippen LogP contribution in [0.4, 0.5) is 0 Å². The van der Waals surface area contributed by atoms with Gasteiger partial charge < -0.3 is 10.5 Å². The molecule has 3 nitrogen and oxygen atoms in total. The van der Waals surface area contributed by atoms with Crippen LogP contribution in [-0.2, 0) is 0 Å². The summed E-state index contributed by atoms with van der Waals surface area (Å²) in [7, 11) is 0. The Balaban J connectivity index is 3.08. The quantitative estimate of drug-likeness (QED) is 0.753. The molecule has 4 atom stereocenters. The predicted octanol–water partition coefficient (Wildman–Crippen LogP) is 3.95. The van der Waals surface area contributed by atoms with Crippen molar-refractivity contribution in [2.75, 3.05) is 6.54 Å². The second-order valence-corrected chi connectivity index (χ2v) is 7.66. The molecule has 3 heteroatoms. The molecule has 1 aliphatic rings. The third-order valence-corrected chi connectivity index (χ3v) is 5.11. The molecule has 0 spiro atoms. The largest absolute Gasteiger partial charge is 0.389 e. The number of rotatable bonds is 4. The number of aliphatic hydroxyl groups is 1. The number of hydrogen-bond donors (Lipinski definition) is 2. The van der Waals surface area contributed by atoms with E-state index in [2.05, 4.69) is 39.6 Å². The van der Waals surface area contributed by atoms with Crippen LogP contribution in [0.15, 0.2) is 4.99 Å². The molecule has 0 radical (unpaired) electrons. The summed E-state index contributed by atoms with van der Waals surface area (Å²) in [5, 5.41) is 18.6. The van der Waals surface area contributed by atoms with Crippen LogP contribution in [0.3, 0.4) is 0 Å². The highest BCUT2D eigenvalue weighted by Gasteiger charge is 2.47. The lowest BCUT2D eigenvalue weighted by Gasteiger charge is -2.49. The third kappa shape index (κ3) is 3.69. The molecular formula is C17H32N2O. The standard InChI is InChI=1S/C17H32N2O/c1-7-8-19-15(11-18)14-10-13(16(3,4)5)9-12(2)17(14,6)20/h11-14,18,20H,7-10H2,1-6H3. The zero-order valence-corrected chi connectivity index (χ0v) is 14.0. The van der Waals surface area contributed by atoms with Gasteiger partial charge in [0.25, 0.3) is 0 Å². The van der Waals surface area contributed by atoms with Crippen molar-refractivity contribution < 1.29 is 5.11 Å². The Morgan fingerprint density at radius 2 is 2.00 bits per heavy atom. The minimum Gasteiger partial charge on any atom is -0.389 e. The topological polar surface area (TPSA) is 56.4 Å². The molecule has 1 rings (SSSR count). The Bertz CT molecular complexity index is 366. The maximum absolute atomic E-state index is 10.9. The molecule has 0 aromatic heterocycles. The minimum absolute atomic E-state index is 0.0143. The van der Waals surface area contributed by atoms with Gasteiger partial charge in [0.2, 0.25) is 0 Å². The van der Waals surface area contributed by atoms with Gasteiger partial charge in [-0.25, -0.2) is 0 Å². The lowest BCUT2D eigenvalue weighted by Crippen LogP contribution is -2.52. The van der Waals surface area contributed by atoms with Crippen molar-refractivity contribution in [1.29, 1.82) is 5.41 Å². The van der Waals surface area contributed by atoms with E-state index in [0.717, 1.165) is 31.5 Å². The minimum atomic E-state index is -0.758. The zero-order chi connectivity index (χ0) is 15.6. The summed E-state index contributed by atoms with van der Waals surface area (Å²) >= 11 is 0. The first-order chi connectivity index (χ1) is 9.14. The molecule has 2 N–H and O–H groups in total. The van der Waals surface area contributed by atoms with E-state index in [1.807, 2.05) is 6.92 Å². The van der Waals surface area contributed by atoms with Crippen LogP contribution < -0.4 is 0 Å². The van der Waals surface area contributed by atoms with Crippen molar-refractivity contribution in [1.82, 2.24) is 0 Å². The van der Waals surface area contributed by atoms with E-state index in [9.17, 15) is 5.11 Å². The molecule has 0 heterocycles. The maximum Gasteiger partial charge on any atom is 0.0729 e. The van der Waals surface area contributed by atoms with Gasteiger partial charge in [-0.15, -0.1) is 0 Å². The summed E-state index contributed by atoms with van der Waals surface area (Å²) in [5.41, 5.74) is 0.255. The SMILES string of the molecule is CCCN=C(C=N)C1CC(C(C)(C)C)CC(C)C1(C)O. The molecule has 1 saturated carbocycles. The summed E-state index contributed by atoms with van der Waals surface area (Å²) in [5.74, 6) is 0.784. The fourth-order valence-electron chi connectivity index (χ4n) is 3.25. The van der Waals surface area contributed by atoms with Crippen LogP contribution in [-0.4, -0.2) is 29.2 Å². The average molecular weight is 280 g/mol. The van der Waals surface area contributed by atoms with E-state index in [0.29, 0.717) is 5.92 Å². The number of aliphatic imine (C=N–C) groups is 1. The monoisotopic (exact) mass is 280 g/mol. The molecule has 4 unspecified atom stereocenters. The van der Waals surface area contributed by atoms with Gasteiger partial charge in [0.05, 0.1) is 11.3 Å². The highest BCUT2D eigenvalue weighted by atomic mass is 16.3. The van der Waals surface area contributed by atoms with Crippen LogP contribution in [0.25, 0.3) is 0 Å². The van der Waals surface area contributed by atoms with Crippen LogP contribution in [0.1, 0.15) is 60.8 Å². The molecule has 1 aliphatic carbocycles. The van der Waals surface area contributed by atoms with Crippen LogP contribution in [0, 0.1) is 28.6 Å². The van der Waals surface area contributed by atoms with Crippen molar-refractivity contribution in [2.24, 2.45) is 28.2 Å². The van der Waals surface area contributed by atoms with E-state index >= 15 is 0 Å². The average Bonchev–Trinajstić information content (AvgIpc) is 2.33. The Kier molecular flexibility index (Phi) is 5.54. The van der Waals surface area contributed by atoms with Crippen LogP contribution in [0.5, 0.6) is 0 Å². The molecule has 0 aliphatic heterocycles. The summed E-state index contributed by atoms with van der Waals surface area (Å²) in [6, 6.07) is 0. The van der Waals surface area contributed by atoms with E-state index in [1.54, 1.807) is 0 Å². The first kappa shape index (κ1) is 17.4. The molecule has 0 aromatic rings. The number of hydrogen-bond acceptors (Lipinski definition) is 3. The number of nitrogens with one attached hydrogen (secondary N) is 1. The van der Waals surface area contributed by atoms with Crippen molar-refractivity contribution in [3.8, 4) is 0 Å². The van der Waals surface area contributed by atoms with Gasteiger partial charge in [-0.1, -0.05) is 34.6 Å². The lowest BCUT2D eigenvalue weighted by atomic mass is 9.59. The Hall–Kier alpha value is -0.700. The van der Waals surface area contributed by atoms with Gasteiger partial charge >= 0.3 is 0 Å². The fraction of sp³-hybridized carbons (Fsp3) is 0.882. The second kappa shape index (κ2) is 6.38. The van der Waals surface area contributed by atoms with Crippen molar-refractivity contribution >= 4 is 11.9 Å². The molecule has 20 heavy (non-hydrogen) atoms. The fourth-order valence-corrected chi connectivity index (χ4v) is 3.25. The summed E-state index contributed by atoms with van der Waals surface area (Å²) < 4.78 is 0. The molecular weight excluding hydrogens is 248 g/mol. The van der Waals surface area contributed by atoms with Gasteiger partial charge in [0.1, 0.15) is 0 Å². The smallest absolute Gasteiger partial charge is 0.0729 e. The summed E-state index contributed by atoms with van der Waals surface area (Å²) in [4.78, 5) is 4.54. The Labute approximate surface area is 124 Å². The lowest BCUT2D eigenvalue weighted by molar-refractivity contribution is -0.0781. The van der Waals surface area contributed by atoms with E-state index in [4.69, 9.17) is 5.41 Å². The van der Waals surface area contributed by atoms with Gasteiger partial charge in [-0.05, 0) is 43.4 Å². The Morgan fingerprint density at radius 3 is 2.45 bits per heavy atom. The predicted molar refractivity (Wildman–Crippen MR) is 86.8 cm³/mol. The first-order valence-corrected chi connectivity index (χ1v) is 7.91. The van der Waals surface area contributed by atoms with E-state index in [-0.39, 0.29) is 17.3 Å². The van der Waals surface area contributed by atoms with Crippen molar-refractivity contribution in [3.05, 3.63) is 0 Å². The first-order valence-electron chi connectivity index (χ1n) is 7.91. The molecule has 116 valence electrons. The van der Waals surface area contributed by atoms with Crippen LogP contribution >= 0.6 is 0 Å². The highest BCUT2D eigenvalue weighted by molar-refractivity contribution is 6.30.